The van der Waals surface area contributed by atoms with E-state index in [0.717, 1.165) is 26.1 Å². The zero-order chi connectivity index (χ0) is 14.5. The standard InChI is InChI=1S/C14H14Br2N2O2/c1-19-13-7-12(10(15)6-11(13)16)17-8-9-4-3-5-14(18-9)20-2/h3-7,17H,8H2,1-2H3. The molecule has 1 aromatic heterocycles. The zero-order valence-electron chi connectivity index (χ0n) is 11.1. The molecule has 0 saturated heterocycles. The fourth-order valence-electron chi connectivity index (χ4n) is 1.68. The first kappa shape index (κ1) is 15.1. The van der Waals surface area contributed by atoms with E-state index in [1.54, 1.807) is 14.2 Å². The Hall–Kier alpha value is -1.27. The highest BCUT2D eigenvalue weighted by molar-refractivity contribution is 9.11. The van der Waals surface area contributed by atoms with Crippen LogP contribution in [-0.2, 0) is 6.54 Å². The van der Waals surface area contributed by atoms with Crippen LogP contribution in [0.2, 0.25) is 0 Å². The summed E-state index contributed by atoms with van der Waals surface area (Å²) >= 11 is 6.96. The molecule has 0 amide bonds. The fraction of sp³-hybridized carbons (Fsp3) is 0.214. The average Bonchev–Trinajstić information content (AvgIpc) is 2.46. The van der Waals surface area contributed by atoms with Crippen LogP contribution in [0.3, 0.4) is 0 Å². The second-order valence-corrected chi connectivity index (χ2v) is 5.70. The minimum Gasteiger partial charge on any atom is -0.495 e. The highest BCUT2D eigenvalue weighted by Gasteiger charge is 2.07. The number of methoxy groups -OCH3 is 2. The number of aromatic nitrogens is 1. The summed E-state index contributed by atoms with van der Waals surface area (Å²) in [6.45, 7) is 0.598. The monoisotopic (exact) mass is 400 g/mol. The third-order valence-electron chi connectivity index (χ3n) is 2.69. The van der Waals surface area contributed by atoms with Gasteiger partial charge in [0.25, 0.3) is 0 Å². The van der Waals surface area contributed by atoms with Gasteiger partial charge in [0.15, 0.2) is 0 Å². The van der Waals surface area contributed by atoms with Gasteiger partial charge < -0.3 is 14.8 Å². The van der Waals surface area contributed by atoms with Crippen molar-refractivity contribution in [1.82, 2.24) is 4.98 Å². The van der Waals surface area contributed by atoms with Gasteiger partial charge in [0.2, 0.25) is 5.88 Å². The molecule has 4 nitrogen and oxygen atoms in total. The molecule has 20 heavy (non-hydrogen) atoms. The van der Waals surface area contributed by atoms with Crippen LogP contribution in [0.1, 0.15) is 5.69 Å². The molecule has 0 radical (unpaired) electrons. The average molecular weight is 402 g/mol. The maximum atomic E-state index is 5.29. The number of rotatable bonds is 5. The molecule has 2 aromatic rings. The van der Waals surface area contributed by atoms with Crippen molar-refractivity contribution in [1.29, 1.82) is 0 Å². The predicted molar refractivity (Wildman–Crippen MR) is 86.5 cm³/mol. The number of nitrogens with one attached hydrogen (secondary N) is 1. The lowest BCUT2D eigenvalue weighted by Gasteiger charge is -2.12. The van der Waals surface area contributed by atoms with E-state index in [-0.39, 0.29) is 0 Å². The molecular weight excluding hydrogens is 388 g/mol. The third kappa shape index (κ3) is 3.64. The molecule has 106 valence electrons. The Labute approximate surface area is 134 Å². The van der Waals surface area contributed by atoms with Gasteiger partial charge in [-0.05, 0) is 44.0 Å². The van der Waals surface area contributed by atoms with E-state index in [9.17, 15) is 0 Å². The quantitative estimate of drug-likeness (QED) is 0.813. The number of anilines is 1. The first-order chi connectivity index (χ1) is 9.63. The Morgan fingerprint density at radius 3 is 2.60 bits per heavy atom. The highest BCUT2D eigenvalue weighted by atomic mass is 79.9. The molecule has 0 aliphatic heterocycles. The minimum atomic E-state index is 0.598. The van der Waals surface area contributed by atoms with Gasteiger partial charge in [-0.3, -0.25) is 0 Å². The lowest BCUT2D eigenvalue weighted by molar-refractivity contribution is 0.396. The van der Waals surface area contributed by atoms with Gasteiger partial charge in [-0.2, -0.15) is 0 Å². The van der Waals surface area contributed by atoms with E-state index in [4.69, 9.17) is 9.47 Å². The van der Waals surface area contributed by atoms with Gasteiger partial charge in [-0.25, -0.2) is 4.98 Å². The second-order valence-electron chi connectivity index (χ2n) is 3.99. The van der Waals surface area contributed by atoms with Crippen molar-refractivity contribution >= 4 is 37.5 Å². The summed E-state index contributed by atoms with van der Waals surface area (Å²) in [5.74, 6) is 1.38. The SMILES string of the molecule is COc1cccc(CNc2cc(OC)c(Br)cc2Br)n1. The van der Waals surface area contributed by atoms with Gasteiger partial charge in [0.05, 0.1) is 36.6 Å². The summed E-state index contributed by atoms with van der Waals surface area (Å²) in [4.78, 5) is 4.36. The lowest BCUT2D eigenvalue weighted by Crippen LogP contribution is -2.03. The first-order valence-electron chi connectivity index (χ1n) is 5.91. The van der Waals surface area contributed by atoms with E-state index < -0.39 is 0 Å². The Morgan fingerprint density at radius 2 is 1.90 bits per heavy atom. The van der Waals surface area contributed by atoms with Crippen LogP contribution >= 0.6 is 31.9 Å². The van der Waals surface area contributed by atoms with Gasteiger partial charge in [-0.1, -0.05) is 6.07 Å². The number of hydrogen-bond donors (Lipinski definition) is 1. The summed E-state index contributed by atoms with van der Waals surface area (Å²) < 4.78 is 12.2. The molecular formula is C14H14Br2N2O2. The van der Waals surface area contributed by atoms with Crippen LogP contribution in [-0.4, -0.2) is 19.2 Å². The second kappa shape index (κ2) is 6.95. The molecule has 0 saturated carbocycles. The molecule has 1 N–H and O–H groups in total. The minimum absolute atomic E-state index is 0.598. The van der Waals surface area contributed by atoms with E-state index in [0.29, 0.717) is 12.4 Å². The summed E-state index contributed by atoms with van der Waals surface area (Å²) in [5, 5.41) is 3.32. The molecule has 0 unspecified atom stereocenters. The number of halogens is 2. The number of pyridine rings is 1. The van der Waals surface area contributed by atoms with Crippen LogP contribution < -0.4 is 14.8 Å². The molecule has 2 rings (SSSR count). The topological polar surface area (TPSA) is 43.4 Å². The van der Waals surface area contributed by atoms with Crippen molar-refractivity contribution in [2.75, 3.05) is 19.5 Å². The molecule has 0 fully saturated rings. The normalized spacial score (nSPS) is 10.2. The van der Waals surface area contributed by atoms with Crippen molar-refractivity contribution in [2.45, 2.75) is 6.54 Å². The molecule has 0 spiro atoms. The molecule has 0 aliphatic rings. The summed E-state index contributed by atoms with van der Waals surface area (Å²) in [7, 11) is 3.25. The number of nitrogens with zero attached hydrogens (tertiary/aromatic N) is 1. The zero-order valence-corrected chi connectivity index (χ0v) is 14.3. The van der Waals surface area contributed by atoms with E-state index >= 15 is 0 Å². The van der Waals surface area contributed by atoms with Crippen LogP contribution in [0, 0.1) is 0 Å². The Morgan fingerprint density at radius 1 is 1.10 bits per heavy atom. The van der Waals surface area contributed by atoms with E-state index in [2.05, 4.69) is 42.2 Å². The summed E-state index contributed by atoms with van der Waals surface area (Å²) in [6.07, 6.45) is 0. The van der Waals surface area contributed by atoms with Crippen LogP contribution in [0.15, 0.2) is 39.3 Å². The summed E-state index contributed by atoms with van der Waals surface area (Å²) in [6, 6.07) is 9.55. The van der Waals surface area contributed by atoms with Crippen molar-refractivity contribution in [2.24, 2.45) is 0 Å². The third-order valence-corrected chi connectivity index (χ3v) is 3.97. The van der Waals surface area contributed by atoms with Crippen molar-refractivity contribution in [3.05, 3.63) is 45.0 Å². The number of ether oxygens (including phenoxy) is 2. The molecule has 0 atom stereocenters. The van der Waals surface area contributed by atoms with Gasteiger partial charge in [0.1, 0.15) is 5.75 Å². The highest BCUT2D eigenvalue weighted by Crippen LogP contribution is 2.34. The smallest absolute Gasteiger partial charge is 0.213 e. The van der Waals surface area contributed by atoms with Gasteiger partial charge >= 0.3 is 0 Å². The Kier molecular flexibility index (Phi) is 5.25. The molecule has 0 bridgehead atoms. The molecule has 1 heterocycles. The van der Waals surface area contributed by atoms with Gasteiger partial charge in [0, 0.05) is 16.6 Å². The number of benzene rings is 1. The molecule has 0 aliphatic carbocycles. The molecule has 1 aromatic carbocycles. The molecule has 6 heteroatoms. The fourth-order valence-corrected chi connectivity index (χ4v) is 2.97. The summed E-state index contributed by atoms with van der Waals surface area (Å²) in [5.41, 5.74) is 1.84. The Bertz CT molecular complexity index is 606. The maximum absolute atomic E-state index is 5.29. The van der Waals surface area contributed by atoms with Crippen molar-refractivity contribution in [3.8, 4) is 11.6 Å². The lowest BCUT2D eigenvalue weighted by atomic mass is 10.3. The number of hydrogen-bond acceptors (Lipinski definition) is 4. The van der Waals surface area contributed by atoms with Crippen molar-refractivity contribution < 1.29 is 9.47 Å². The maximum Gasteiger partial charge on any atom is 0.213 e. The van der Waals surface area contributed by atoms with E-state index in [1.807, 2.05) is 30.3 Å². The van der Waals surface area contributed by atoms with Crippen LogP contribution in [0.5, 0.6) is 11.6 Å². The predicted octanol–water partition coefficient (Wildman–Crippen LogP) is 4.24. The van der Waals surface area contributed by atoms with Crippen LogP contribution in [0.4, 0.5) is 5.69 Å². The van der Waals surface area contributed by atoms with E-state index in [1.165, 1.54) is 0 Å². The largest absolute Gasteiger partial charge is 0.495 e. The van der Waals surface area contributed by atoms with Crippen molar-refractivity contribution in [3.63, 3.8) is 0 Å². The first-order valence-corrected chi connectivity index (χ1v) is 7.49. The van der Waals surface area contributed by atoms with Gasteiger partial charge in [-0.15, -0.1) is 0 Å². The van der Waals surface area contributed by atoms with Crippen LogP contribution in [0.25, 0.3) is 0 Å². The Balaban J connectivity index is 2.14.